The van der Waals surface area contributed by atoms with Gasteiger partial charge in [0.15, 0.2) is 0 Å². The van der Waals surface area contributed by atoms with Crippen LogP contribution in [0.2, 0.25) is 0 Å². The van der Waals surface area contributed by atoms with Crippen LogP contribution in [0.5, 0.6) is 0 Å². The van der Waals surface area contributed by atoms with Crippen LogP contribution in [-0.4, -0.2) is 35.8 Å². The van der Waals surface area contributed by atoms with Gasteiger partial charge in [0.25, 0.3) is 0 Å². The summed E-state index contributed by atoms with van der Waals surface area (Å²) in [6.07, 6.45) is 1.07. The highest BCUT2D eigenvalue weighted by molar-refractivity contribution is 5.68. The highest BCUT2D eigenvalue weighted by Crippen LogP contribution is 2.28. The predicted octanol–water partition coefficient (Wildman–Crippen LogP) is 3.14. The van der Waals surface area contributed by atoms with E-state index in [1.807, 2.05) is 25.7 Å². The lowest BCUT2D eigenvalue weighted by atomic mass is 9.97. The van der Waals surface area contributed by atoms with Crippen LogP contribution in [0.1, 0.15) is 44.2 Å². The van der Waals surface area contributed by atoms with Crippen LogP contribution in [0.25, 0.3) is 0 Å². The number of likely N-dealkylation sites (tertiary alicyclic amines) is 1. The van der Waals surface area contributed by atoms with Crippen LogP contribution in [0.3, 0.4) is 0 Å². The van der Waals surface area contributed by atoms with Gasteiger partial charge in [-0.05, 0) is 39.7 Å². The van der Waals surface area contributed by atoms with Crippen LogP contribution in [0.15, 0.2) is 24.3 Å². The second-order valence-corrected chi connectivity index (χ2v) is 6.41. The van der Waals surface area contributed by atoms with Crippen molar-refractivity contribution in [2.24, 2.45) is 0 Å². The summed E-state index contributed by atoms with van der Waals surface area (Å²) in [7, 11) is 0. The maximum absolute atomic E-state index is 12.0. The molecular formula is C17H23NO4. The third kappa shape index (κ3) is 5.70. The molecule has 1 saturated heterocycles. The number of aryl methyl sites for hydroxylation is 1. The fourth-order valence-electron chi connectivity index (χ4n) is 2.45. The standard InChI is InChI=1S/C16H23NO2.CO2/c1-12-6-5-7-13(10-12)14-8-9-17(11-14)15(18)19-16(2,3)4;2-1-3/h5-7,10,14H,8-9,11H2,1-4H3;. The first kappa shape index (κ1) is 17.9. The zero-order chi connectivity index (χ0) is 16.8. The molecule has 0 aliphatic carbocycles. The van der Waals surface area contributed by atoms with Gasteiger partial charge in [0.05, 0.1) is 0 Å². The normalized spacial score (nSPS) is 17.3. The Hall–Kier alpha value is -2.13. The number of hydrogen-bond donors (Lipinski definition) is 0. The van der Waals surface area contributed by atoms with Crippen molar-refractivity contribution >= 4 is 12.2 Å². The Bertz CT molecular complexity index is 542. The fourth-order valence-corrected chi connectivity index (χ4v) is 2.45. The van der Waals surface area contributed by atoms with E-state index in [0.29, 0.717) is 5.92 Å². The summed E-state index contributed by atoms with van der Waals surface area (Å²) in [5.74, 6) is 0.437. The fraction of sp³-hybridized carbons (Fsp3) is 0.529. The average molecular weight is 305 g/mol. The van der Waals surface area contributed by atoms with Gasteiger partial charge >= 0.3 is 12.2 Å². The summed E-state index contributed by atoms with van der Waals surface area (Å²) >= 11 is 0. The minimum Gasteiger partial charge on any atom is -0.444 e. The number of carbonyl (C=O) groups excluding carboxylic acids is 3. The largest absolute Gasteiger partial charge is 0.444 e. The smallest absolute Gasteiger partial charge is 0.410 e. The van der Waals surface area contributed by atoms with Gasteiger partial charge in [0.2, 0.25) is 0 Å². The summed E-state index contributed by atoms with van der Waals surface area (Å²) in [6, 6.07) is 8.55. The first-order valence-electron chi connectivity index (χ1n) is 7.30. The molecule has 0 bridgehead atoms. The molecule has 1 heterocycles. The minimum absolute atomic E-state index is 0.192. The van der Waals surface area contributed by atoms with E-state index in [2.05, 4.69) is 31.2 Å². The lowest BCUT2D eigenvalue weighted by Crippen LogP contribution is -2.35. The molecule has 1 aromatic carbocycles. The van der Waals surface area contributed by atoms with Crippen LogP contribution in [-0.2, 0) is 14.3 Å². The summed E-state index contributed by atoms with van der Waals surface area (Å²) in [6.45, 7) is 9.35. The van der Waals surface area contributed by atoms with E-state index < -0.39 is 5.60 Å². The van der Waals surface area contributed by atoms with Crippen molar-refractivity contribution in [1.82, 2.24) is 4.90 Å². The molecule has 1 atom stereocenters. The molecule has 120 valence electrons. The Labute approximate surface area is 131 Å². The van der Waals surface area contributed by atoms with Crippen molar-refractivity contribution in [3.8, 4) is 0 Å². The molecule has 2 rings (SSSR count). The number of hydrogen-bond acceptors (Lipinski definition) is 4. The van der Waals surface area contributed by atoms with Crippen LogP contribution < -0.4 is 0 Å². The number of benzene rings is 1. The van der Waals surface area contributed by atoms with Gasteiger partial charge in [-0.15, -0.1) is 0 Å². The van der Waals surface area contributed by atoms with E-state index in [9.17, 15) is 4.79 Å². The number of nitrogens with zero attached hydrogens (tertiary/aromatic N) is 1. The van der Waals surface area contributed by atoms with Crippen LogP contribution >= 0.6 is 0 Å². The van der Waals surface area contributed by atoms with Gasteiger partial charge in [-0.2, -0.15) is 9.59 Å². The molecule has 22 heavy (non-hydrogen) atoms. The van der Waals surface area contributed by atoms with Crippen molar-refractivity contribution in [3.05, 3.63) is 35.4 Å². The molecule has 5 heteroatoms. The molecule has 1 fully saturated rings. The van der Waals surface area contributed by atoms with E-state index in [-0.39, 0.29) is 12.2 Å². The topological polar surface area (TPSA) is 63.7 Å². The van der Waals surface area contributed by atoms with Gasteiger partial charge in [0.1, 0.15) is 5.60 Å². The molecule has 0 saturated carbocycles. The number of amides is 1. The number of carbonyl (C=O) groups is 1. The van der Waals surface area contributed by atoms with E-state index >= 15 is 0 Å². The Morgan fingerprint density at radius 2 is 1.95 bits per heavy atom. The first-order chi connectivity index (χ1) is 10.3. The summed E-state index contributed by atoms with van der Waals surface area (Å²) in [5, 5.41) is 0. The van der Waals surface area contributed by atoms with Gasteiger partial charge in [0, 0.05) is 19.0 Å². The molecule has 0 spiro atoms. The molecule has 0 radical (unpaired) electrons. The Balaban J connectivity index is 0.000000745. The average Bonchev–Trinajstić information content (AvgIpc) is 2.87. The number of ether oxygens (including phenoxy) is 1. The molecule has 1 aliphatic rings. The van der Waals surface area contributed by atoms with E-state index in [1.165, 1.54) is 11.1 Å². The van der Waals surface area contributed by atoms with Crippen molar-refractivity contribution in [2.45, 2.75) is 45.6 Å². The lowest BCUT2D eigenvalue weighted by molar-refractivity contribution is -0.191. The van der Waals surface area contributed by atoms with Crippen molar-refractivity contribution in [2.75, 3.05) is 13.1 Å². The van der Waals surface area contributed by atoms with E-state index in [1.54, 1.807) is 0 Å². The molecule has 1 amide bonds. The minimum atomic E-state index is -0.418. The highest BCUT2D eigenvalue weighted by atomic mass is 16.6. The van der Waals surface area contributed by atoms with Crippen LogP contribution in [0.4, 0.5) is 4.79 Å². The van der Waals surface area contributed by atoms with Crippen molar-refractivity contribution in [1.29, 1.82) is 0 Å². The quantitative estimate of drug-likeness (QED) is 0.799. The molecule has 5 nitrogen and oxygen atoms in total. The SMILES string of the molecule is Cc1cccc(C2CCN(C(=O)OC(C)(C)C)C2)c1.O=C=O. The molecule has 1 unspecified atom stereocenters. The number of rotatable bonds is 1. The van der Waals surface area contributed by atoms with E-state index in [0.717, 1.165) is 19.5 Å². The zero-order valence-electron chi connectivity index (χ0n) is 13.6. The second kappa shape index (κ2) is 7.76. The second-order valence-electron chi connectivity index (χ2n) is 6.41. The Kier molecular flexibility index (Phi) is 6.32. The molecular weight excluding hydrogens is 282 g/mol. The van der Waals surface area contributed by atoms with Gasteiger partial charge in [-0.25, -0.2) is 4.79 Å². The molecule has 1 aromatic rings. The molecule has 1 aliphatic heterocycles. The van der Waals surface area contributed by atoms with Gasteiger partial charge in [-0.3, -0.25) is 0 Å². The predicted molar refractivity (Wildman–Crippen MR) is 81.4 cm³/mol. The third-order valence-electron chi connectivity index (χ3n) is 3.35. The monoisotopic (exact) mass is 305 g/mol. The maximum Gasteiger partial charge on any atom is 0.410 e. The van der Waals surface area contributed by atoms with Crippen molar-refractivity contribution < 1.29 is 19.1 Å². The zero-order valence-corrected chi connectivity index (χ0v) is 13.6. The lowest BCUT2D eigenvalue weighted by Gasteiger charge is -2.24. The molecule has 0 N–H and O–H groups in total. The summed E-state index contributed by atoms with van der Waals surface area (Å²) in [4.78, 5) is 30.1. The maximum atomic E-state index is 12.0. The van der Waals surface area contributed by atoms with Gasteiger partial charge < -0.3 is 9.64 Å². The van der Waals surface area contributed by atoms with Crippen LogP contribution in [0, 0.1) is 6.92 Å². The van der Waals surface area contributed by atoms with E-state index in [4.69, 9.17) is 14.3 Å². The molecule has 0 aromatic heterocycles. The first-order valence-corrected chi connectivity index (χ1v) is 7.30. The Morgan fingerprint density at radius 3 is 2.50 bits per heavy atom. The highest BCUT2D eigenvalue weighted by Gasteiger charge is 2.30. The summed E-state index contributed by atoms with van der Waals surface area (Å²) in [5.41, 5.74) is 2.18. The van der Waals surface area contributed by atoms with Crippen molar-refractivity contribution in [3.63, 3.8) is 0 Å². The third-order valence-corrected chi connectivity index (χ3v) is 3.35. The van der Waals surface area contributed by atoms with Gasteiger partial charge in [-0.1, -0.05) is 29.8 Å². The summed E-state index contributed by atoms with van der Waals surface area (Å²) < 4.78 is 5.42. The Morgan fingerprint density at radius 1 is 1.32 bits per heavy atom.